The molecule has 0 saturated carbocycles. The van der Waals surface area contributed by atoms with E-state index in [1.54, 1.807) is 23.9 Å². The van der Waals surface area contributed by atoms with E-state index in [0.29, 0.717) is 39.3 Å². The van der Waals surface area contributed by atoms with Crippen molar-refractivity contribution in [1.29, 1.82) is 0 Å². The van der Waals surface area contributed by atoms with Gasteiger partial charge in [-0.3, -0.25) is 0 Å². The molecular weight excluding hydrogens is 388 g/mol. The molecule has 0 bridgehead atoms. The minimum Gasteiger partial charge on any atom is -0.493 e. The Hall–Kier alpha value is -3.39. The average molecular weight is 404 g/mol. The molecule has 0 aliphatic carbocycles. The quantitative estimate of drug-likeness (QED) is 0.484. The van der Waals surface area contributed by atoms with Crippen molar-refractivity contribution in [2.45, 2.75) is 12.1 Å². The normalized spacial score (nSPS) is 13.2. The molecule has 4 aromatic rings. The fourth-order valence-corrected chi connectivity index (χ4v) is 4.05. The summed E-state index contributed by atoms with van der Waals surface area (Å²) in [5.74, 6) is 1.66. The summed E-state index contributed by atoms with van der Waals surface area (Å²) in [6, 6.07) is 15.3. The van der Waals surface area contributed by atoms with Gasteiger partial charge in [0.2, 0.25) is 5.16 Å². The molecule has 0 saturated heterocycles. The Kier molecular flexibility index (Phi) is 4.21. The molecular formula is C21H16N4O3S. The number of hydrogen-bond acceptors (Lipinski definition) is 7. The zero-order valence-corrected chi connectivity index (χ0v) is 16.6. The van der Waals surface area contributed by atoms with Crippen molar-refractivity contribution >= 4 is 28.4 Å². The zero-order valence-electron chi connectivity index (χ0n) is 15.7. The first kappa shape index (κ1) is 17.7. The Morgan fingerprint density at radius 3 is 2.76 bits per heavy atom. The number of rotatable bonds is 3. The largest absolute Gasteiger partial charge is 0.493 e. The van der Waals surface area contributed by atoms with Crippen molar-refractivity contribution in [1.82, 2.24) is 14.9 Å². The van der Waals surface area contributed by atoms with Gasteiger partial charge in [0.25, 0.3) is 0 Å². The predicted octanol–water partition coefficient (Wildman–Crippen LogP) is 3.73. The summed E-state index contributed by atoms with van der Waals surface area (Å²) in [6.45, 7) is 2.03. The van der Waals surface area contributed by atoms with Crippen molar-refractivity contribution in [3.05, 3.63) is 70.1 Å². The van der Waals surface area contributed by atoms with E-state index < -0.39 is 5.63 Å². The lowest BCUT2D eigenvalue weighted by molar-refractivity contribution is 0.406. The number of ether oxygens (including phenoxy) is 1. The van der Waals surface area contributed by atoms with E-state index >= 15 is 0 Å². The van der Waals surface area contributed by atoms with Gasteiger partial charge in [0.15, 0.2) is 17.2 Å². The molecule has 2 aromatic heterocycles. The molecule has 144 valence electrons. The van der Waals surface area contributed by atoms with Crippen molar-refractivity contribution in [2.75, 3.05) is 12.9 Å². The maximum absolute atomic E-state index is 12.7. The summed E-state index contributed by atoms with van der Waals surface area (Å²) >= 11 is 1.49. The van der Waals surface area contributed by atoms with Crippen LogP contribution in [-0.2, 0) is 0 Å². The lowest BCUT2D eigenvalue weighted by Crippen LogP contribution is -2.21. The van der Waals surface area contributed by atoms with Crippen LogP contribution in [-0.4, -0.2) is 33.4 Å². The van der Waals surface area contributed by atoms with Crippen LogP contribution in [0.4, 0.5) is 0 Å². The van der Waals surface area contributed by atoms with Crippen LogP contribution in [0.25, 0.3) is 22.4 Å². The highest BCUT2D eigenvalue weighted by molar-refractivity contribution is 7.99. The summed E-state index contributed by atoms with van der Waals surface area (Å²) in [5.41, 5.74) is 3.10. The number of benzene rings is 2. The lowest BCUT2D eigenvalue weighted by Gasteiger charge is -2.14. The molecule has 0 N–H and O–H groups in total. The molecule has 29 heavy (non-hydrogen) atoms. The van der Waals surface area contributed by atoms with E-state index in [-0.39, 0.29) is 0 Å². The van der Waals surface area contributed by atoms with Gasteiger partial charge in [0.05, 0.1) is 18.4 Å². The topological polar surface area (TPSA) is 82.5 Å². The maximum atomic E-state index is 12.7. The van der Waals surface area contributed by atoms with Gasteiger partial charge in [-0.05, 0) is 19.1 Å². The number of aryl methyl sites for hydroxylation is 1. The number of para-hydroxylation sites is 1. The molecule has 0 unspecified atom stereocenters. The fourth-order valence-electron chi connectivity index (χ4n) is 3.22. The monoisotopic (exact) mass is 404 g/mol. The SMILES string of the molecule is COc1cccc2cc(C3=Nn4c(nnc4-c4ccc(C)cc4)SC3)c(=O)oc12. The molecule has 0 fully saturated rings. The molecule has 5 rings (SSSR count). The number of nitrogens with zero attached hydrogens (tertiary/aromatic N) is 4. The molecule has 8 heteroatoms. The number of thioether (sulfide) groups is 1. The maximum Gasteiger partial charge on any atom is 0.345 e. The lowest BCUT2D eigenvalue weighted by atomic mass is 10.1. The molecule has 2 aromatic carbocycles. The third-order valence-corrected chi connectivity index (χ3v) is 5.67. The van der Waals surface area contributed by atoms with Gasteiger partial charge in [-0.15, -0.1) is 10.2 Å². The second kappa shape index (κ2) is 6.89. The van der Waals surface area contributed by atoms with Crippen LogP contribution in [0.2, 0.25) is 0 Å². The van der Waals surface area contributed by atoms with E-state index in [0.717, 1.165) is 16.5 Å². The molecule has 0 spiro atoms. The van der Waals surface area contributed by atoms with Crippen LogP contribution in [0.5, 0.6) is 5.75 Å². The van der Waals surface area contributed by atoms with Crippen LogP contribution in [0.15, 0.2) is 68.0 Å². The van der Waals surface area contributed by atoms with Gasteiger partial charge in [-0.25, -0.2) is 4.79 Å². The number of hydrogen-bond donors (Lipinski definition) is 0. The average Bonchev–Trinajstić information content (AvgIpc) is 3.16. The van der Waals surface area contributed by atoms with Crippen molar-refractivity contribution < 1.29 is 9.15 Å². The first-order valence-corrected chi connectivity index (χ1v) is 9.97. The number of fused-ring (bicyclic) bond motifs is 2. The van der Waals surface area contributed by atoms with Gasteiger partial charge < -0.3 is 9.15 Å². The molecule has 1 aliphatic heterocycles. The summed E-state index contributed by atoms with van der Waals surface area (Å²) in [4.78, 5) is 12.7. The van der Waals surface area contributed by atoms with Crippen molar-refractivity contribution in [2.24, 2.45) is 5.10 Å². The van der Waals surface area contributed by atoms with E-state index in [1.807, 2.05) is 43.3 Å². The van der Waals surface area contributed by atoms with Crippen molar-refractivity contribution in [3.8, 4) is 17.1 Å². The van der Waals surface area contributed by atoms with E-state index in [4.69, 9.17) is 9.15 Å². The van der Waals surface area contributed by atoms with E-state index in [1.165, 1.54) is 11.8 Å². The van der Waals surface area contributed by atoms with Gasteiger partial charge in [0.1, 0.15) is 0 Å². The van der Waals surface area contributed by atoms with Gasteiger partial charge in [-0.2, -0.15) is 9.78 Å². The van der Waals surface area contributed by atoms with E-state index in [2.05, 4.69) is 15.3 Å². The Labute approximate surface area is 170 Å². The standard InChI is InChI=1S/C21H16N4O3S/c1-12-6-8-13(9-7-12)19-22-23-21-25(19)24-16(11-29-21)15-10-14-4-3-5-17(27-2)18(14)28-20(15)26/h3-10H,11H2,1-2H3. The smallest absolute Gasteiger partial charge is 0.345 e. The Balaban J connectivity index is 1.64. The second-order valence-corrected chi connectivity index (χ2v) is 7.59. The van der Waals surface area contributed by atoms with Crippen LogP contribution in [0, 0.1) is 6.92 Å². The summed E-state index contributed by atoms with van der Waals surface area (Å²) in [6.07, 6.45) is 0. The Morgan fingerprint density at radius 1 is 1.14 bits per heavy atom. The number of aromatic nitrogens is 3. The molecule has 7 nitrogen and oxygen atoms in total. The Bertz CT molecular complexity index is 1320. The van der Waals surface area contributed by atoms with Crippen LogP contribution >= 0.6 is 11.8 Å². The van der Waals surface area contributed by atoms with Crippen molar-refractivity contribution in [3.63, 3.8) is 0 Å². The molecule has 1 aliphatic rings. The minimum atomic E-state index is -0.449. The first-order chi connectivity index (χ1) is 14.1. The summed E-state index contributed by atoms with van der Waals surface area (Å²) < 4.78 is 12.5. The molecule has 0 atom stereocenters. The fraction of sp³-hybridized carbons (Fsp3) is 0.143. The number of methoxy groups -OCH3 is 1. The highest BCUT2D eigenvalue weighted by Crippen LogP contribution is 2.29. The van der Waals surface area contributed by atoms with Gasteiger partial charge >= 0.3 is 5.63 Å². The Morgan fingerprint density at radius 2 is 1.97 bits per heavy atom. The van der Waals surface area contributed by atoms with Crippen LogP contribution < -0.4 is 10.4 Å². The van der Waals surface area contributed by atoms with Crippen LogP contribution in [0.1, 0.15) is 11.1 Å². The van der Waals surface area contributed by atoms with Gasteiger partial charge in [0, 0.05) is 16.7 Å². The molecule has 0 radical (unpaired) electrons. The summed E-state index contributed by atoms with van der Waals surface area (Å²) in [7, 11) is 1.55. The summed E-state index contributed by atoms with van der Waals surface area (Å²) in [5, 5.41) is 14.7. The zero-order chi connectivity index (χ0) is 20.0. The third kappa shape index (κ3) is 3.01. The van der Waals surface area contributed by atoms with Crippen LogP contribution in [0.3, 0.4) is 0 Å². The third-order valence-electron chi connectivity index (χ3n) is 4.74. The highest BCUT2D eigenvalue weighted by atomic mass is 32.2. The molecule has 3 heterocycles. The molecule has 0 amide bonds. The van der Waals surface area contributed by atoms with Gasteiger partial charge in [-0.1, -0.05) is 53.7 Å². The first-order valence-electron chi connectivity index (χ1n) is 8.98. The highest BCUT2D eigenvalue weighted by Gasteiger charge is 2.23. The van der Waals surface area contributed by atoms with E-state index in [9.17, 15) is 4.79 Å². The minimum absolute atomic E-state index is 0.424. The predicted molar refractivity (Wildman–Crippen MR) is 112 cm³/mol. The second-order valence-electron chi connectivity index (χ2n) is 6.65.